The van der Waals surface area contributed by atoms with E-state index in [-0.39, 0.29) is 18.4 Å². The molecule has 134 valence electrons. The fourth-order valence-corrected chi connectivity index (χ4v) is 3.10. The van der Waals surface area contributed by atoms with Gasteiger partial charge in [0.1, 0.15) is 12.3 Å². The smallest absolute Gasteiger partial charge is 0.271 e. The molecule has 0 aliphatic carbocycles. The number of fused-ring (bicyclic) bond motifs is 1. The Labute approximate surface area is 153 Å². The monoisotopic (exact) mass is 373 g/mol. The summed E-state index contributed by atoms with van der Waals surface area (Å²) in [4.78, 5) is 24.1. The molecule has 9 heteroatoms. The average molecular weight is 374 g/mol. The fraction of sp³-hybridized carbons (Fsp3) is 0.294. The minimum atomic E-state index is -0.223. The van der Waals surface area contributed by atoms with Crippen molar-refractivity contribution in [2.45, 2.75) is 18.9 Å². The van der Waals surface area contributed by atoms with Gasteiger partial charge in [-0.25, -0.2) is 4.98 Å². The largest absolute Gasteiger partial charge is 0.375 e. The van der Waals surface area contributed by atoms with Gasteiger partial charge in [-0.3, -0.25) is 4.79 Å². The predicted octanol–water partition coefficient (Wildman–Crippen LogP) is 2.33. The molecule has 0 saturated heterocycles. The number of aromatic nitrogens is 4. The van der Waals surface area contributed by atoms with Crippen molar-refractivity contribution in [3.05, 3.63) is 52.1 Å². The van der Waals surface area contributed by atoms with Crippen LogP contribution in [0.15, 0.2) is 28.8 Å². The molecule has 2 aromatic heterocycles. The van der Waals surface area contributed by atoms with E-state index < -0.39 is 0 Å². The van der Waals surface area contributed by atoms with Crippen LogP contribution in [-0.4, -0.2) is 39.7 Å². The van der Waals surface area contributed by atoms with Crippen molar-refractivity contribution in [3.8, 4) is 11.6 Å². The number of amides is 1. The lowest BCUT2D eigenvalue weighted by atomic mass is 9.94. The topological polar surface area (TPSA) is 106 Å². The summed E-state index contributed by atoms with van der Waals surface area (Å²) in [6, 6.07) is 7.63. The van der Waals surface area contributed by atoms with Gasteiger partial charge in [-0.2, -0.15) is 4.98 Å². The highest BCUT2D eigenvalue weighted by molar-refractivity contribution is 6.30. The average Bonchev–Trinajstić information content (AvgIpc) is 3.23. The Morgan fingerprint density at radius 1 is 1.31 bits per heavy atom. The van der Waals surface area contributed by atoms with Crippen LogP contribution in [0.5, 0.6) is 0 Å². The van der Waals surface area contributed by atoms with E-state index in [1.165, 1.54) is 0 Å². The highest BCUT2D eigenvalue weighted by Gasteiger charge is 2.27. The summed E-state index contributed by atoms with van der Waals surface area (Å²) in [5, 5.41) is 7.47. The summed E-state index contributed by atoms with van der Waals surface area (Å²) in [6.45, 7) is 0.743. The molecule has 2 N–H and O–H groups in total. The number of carbonyl (C=O) groups excluding carboxylic acids is 1. The molecule has 0 radical (unpaired) electrons. The molecule has 1 aliphatic rings. The number of hydrogen-bond donors (Lipinski definition) is 2. The molecule has 3 heterocycles. The van der Waals surface area contributed by atoms with Crippen LogP contribution in [0, 0.1) is 0 Å². The van der Waals surface area contributed by atoms with Crippen LogP contribution in [0.1, 0.15) is 33.6 Å². The van der Waals surface area contributed by atoms with Gasteiger partial charge in [0.2, 0.25) is 5.82 Å². The van der Waals surface area contributed by atoms with Gasteiger partial charge >= 0.3 is 0 Å². The molecular formula is C17H16ClN5O3. The summed E-state index contributed by atoms with van der Waals surface area (Å²) < 4.78 is 10.0. The second-order valence-corrected chi connectivity index (χ2v) is 6.46. The van der Waals surface area contributed by atoms with Crippen molar-refractivity contribution in [2.24, 2.45) is 0 Å². The second-order valence-electron chi connectivity index (χ2n) is 6.02. The molecule has 0 unspecified atom stereocenters. The Morgan fingerprint density at radius 2 is 2.12 bits per heavy atom. The van der Waals surface area contributed by atoms with Crippen molar-refractivity contribution in [1.82, 2.24) is 25.4 Å². The zero-order valence-corrected chi connectivity index (χ0v) is 14.7. The molecule has 8 nitrogen and oxygen atoms in total. The van der Waals surface area contributed by atoms with E-state index >= 15 is 0 Å². The Kier molecular flexibility index (Phi) is 4.44. The molecule has 0 fully saturated rings. The zero-order chi connectivity index (χ0) is 18.1. The quantitative estimate of drug-likeness (QED) is 0.727. The van der Waals surface area contributed by atoms with Gasteiger partial charge in [0.05, 0.1) is 0 Å². The lowest BCUT2D eigenvalue weighted by Gasteiger charge is -2.14. The van der Waals surface area contributed by atoms with Crippen molar-refractivity contribution in [1.29, 1.82) is 0 Å². The van der Waals surface area contributed by atoms with Crippen molar-refractivity contribution in [2.75, 3.05) is 13.7 Å². The lowest BCUT2D eigenvalue weighted by molar-refractivity contribution is 0.0950. The molecule has 1 aliphatic heterocycles. The Morgan fingerprint density at radius 3 is 2.88 bits per heavy atom. The minimum Gasteiger partial charge on any atom is -0.375 e. The highest BCUT2D eigenvalue weighted by atomic mass is 35.5. The Balaban J connectivity index is 1.64. The van der Waals surface area contributed by atoms with Gasteiger partial charge < -0.3 is 19.6 Å². The molecule has 3 aromatic rings. The standard InChI is InChI=1S/C17H16ClN5O3/c1-25-8-13-21-16(23-26-13)15-20-12-6-10(7-19-17(24)14(12)22-15)9-2-4-11(18)5-3-9/h2-5,10H,6-8H2,1H3,(H,19,24)(H,20,22)/t10-/m0/s1. The number of halogens is 1. The van der Waals surface area contributed by atoms with Crippen LogP contribution in [0.3, 0.4) is 0 Å². The van der Waals surface area contributed by atoms with Crippen molar-refractivity contribution < 1.29 is 14.1 Å². The number of ether oxygens (including phenoxy) is 1. The van der Waals surface area contributed by atoms with E-state index in [2.05, 4.69) is 25.4 Å². The number of rotatable bonds is 4. The van der Waals surface area contributed by atoms with Crippen LogP contribution in [-0.2, 0) is 17.8 Å². The number of benzene rings is 1. The third kappa shape index (κ3) is 3.21. The number of imidazole rings is 1. The number of aromatic amines is 1. The molecule has 1 atom stereocenters. The van der Waals surface area contributed by atoms with Crippen molar-refractivity contribution >= 4 is 17.5 Å². The minimum absolute atomic E-state index is 0.111. The number of nitrogens with one attached hydrogen (secondary N) is 2. The predicted molar refractivity (Wildman–Crippen MR) is 92.8 cm³/mol. The molecule has 1 aromatic carbocycles. The van der Waals surface area contributed by atoms with E-state index in [1.54, 1.807) is 7.11 Å². The first-order valence-corrected chi connectivity index (χ1v) is 8.46. The first-order valence-electron chi connectivity index (χ1n) is 8.08. The number of hydrogen-bond acceptors (Lipinski definition) is 6. The Bertz CT molecular complexity index is 934. The molecular weight excluding hydrogens is 358 g/mol. The van der Waals surface area contributed by atoms with Crippen LogP contribution in [0.25, 0.3) is 11.6 Å². The van der Waals surface area contributed by atoms with Crippen LogP contribution < -0.4 is 5.32 Å². The van der Waals surface area contributed by atoms with Gasteiger partial charge in [0.15, 0.2) is 5.82 Å². The summed E-state index contributed by atoms with van der Waals surface area (Å²) in [5.74, 6) is 0.922. The maximum atomic E-state index is 12.4. The maximum Gasteiger partial charge on any atom is 0.271 e. The third-order valence-corrected chi connectivity index (χ3v) is 4.49. The van der Waals surface area contributed by atoms with Crippen molar-refractivity contribution in [3.63, 3.8) is 0 Å². The molecule has 4 rings (SSSR count). The molecule has 1 amide bonds. The third-order valence-electron chi connectivity index (χ3n) is 4.24. The number of carbonyl (C=O) groups is 1. The van der Waals surface area contributed by atoms with E-state index in [4.69, 9.17) is 20.9 Å². The normalized spacial score (nSPS) is 16.8. The number of H-pyrrole nitrogens is 1. The summed E-state index contributed by atoms with van der Waals surface area (Å²) in [6.07, 6.45) is 0.630. The van der Waals surface area contributed by atoms with Crippen LogP contribution in [0.2, 0.25) is 5.02 Å². The zero-order valence-electron chi connectivity index (χ0n) is 14.0. The first kappa shape index (κ1) is 16.7. The molecule has 26 heavy (non-hydrogen) atoms. The van der Waals surface area contributed by atoms with Gasteiger partial charge in [-0.1, -0.05) is 28.9 Å². The number of nitrogens with zero attached hydrogens (tertiary/aromatic N) is 3. The van der Waals surface area contributed by atoms with Gasteiger partial charge in [0, 0.05) is 30.3 Å². The van der Waals surface area contributed by atoms with E-state index in [0.717, 1.165) is 11.3 Å². The van der Waals surface area contributed by atoms with Gasteiger partial charge in [0.25, 0.3) is 11.8 Å². The second kappa shape index (κ2) is 6.89. The fourth-order valence-electron chi connectivity index (χ4n) is 2.97. The van der Waals surface area contributed by atoms with E-state index in [1.807, 2.05) is 24.3 Å². The van der Waals surface area contributed by atoms with Crippen LogP contribution in [0.4, 0.5) is 0 Å². The van der Waals surface area contributed by atoms with E-state index in [0.29, 0.717) is 41.2 Å². The summed E-state index contributed by atoms with van der Waals surface area (Å²) in [7, 11) is 1.54. The summed E-state index contributed by atoms with van der Waals surface area (Å²) >= 11 is 5.97. The molecule has 0 spiro atoms. The molecule has 0 saturated carbocycles. The SMILES string of the molecule is COCc1nc(-c2nc3c([nH]2)C[C@H](c2ccc(Cl)cc2)CNC3=O)no1. The lowest BCUT2D eigenvalue weighted by Crippen LogP contribution is -2.26. The van der Waals surface area contributed by atoms with Crippen LogP contribution >= 0.6 is 11.6 Å². The molecule has 0 bridgehead atoms. The number of methoxy groups -OCH3 is 1. The van der Waals surface area contributed by atoms with Gasteiger partial charge in [-0.05, 0) is 24.1 Å². The maximum absolute atomic E-state index is 12.4. The first-order chi connectivity index (χ1) is 12.6. The van der Waals surface area contributed by atoms with E-state index in [9.17, 15) is 4.79 Å². The highest BCUT2D eigenvalue weighted by Crippen LogP contribution is 2.27. The Hall–Kier alpha value is -2.71. The van der Waals surface area contributed by atoms with Gasteiger partial charge in [-0.15, -0.1) is 0 Å². The summed E-state index contributed by atoms with van der Waals surface area (Å²) in [5.41, 5.74) is 2.20.